The van der Waals surface area contributed by atoms with Crippen LogP contribution >= 0.6 is 0 Å². The van der Waals surface area contributed by atoms with Gasteiger partial charge >= 0.3 is 17.9 Å². The molecule has 5 fully saturated rings. The first-order chi connectivity index (χ1) is 28.6. The van der Waals surface area contributed by atoms with Gasteiger partial charge in [0.1, 0.15) is 18.8 Å². The second-order valence-electron chi connectivity index (χ2n) is 19.7. The van der Waals surface area contributed by atoms with Crippen LogP contribution in [0.15, 0.2) is 77.4 Å². The Morgan fingerprint density at radius 1 is 0.850 bits per heavy atom. The van der Waals surface area contributed by atoms with Gasteiger partial charge in [-0.2, -0.15) is 0 Å². The summed E-state index contributed by atoms with van der Waals surface area (Å²) in [4.78, 5) is 56.5. The molecule has 324 valence electrons. The van der Waals surface area contributed by atoms with E-state index in [2.05, 4.69) is 33.8 Å². The van der Waals surface area contributed by atoms with E-state index in [9.17, 15) is 24.3 Å². The van der Waals surface area contributed by atoms with Crippen molar-refractivity contribution in [2.24, 2.45) is 39.9 Å². The zero-order valence-electron chi connectivity index (χ0n) is 37.0. The number of likely N-dealkylation sites (tertiary alicyclic amines) is 1. The van der Waals surface area contributed by atoms with Gasteiger partial charge in [-0.3, -0.25) is 9.59 Å². The average Bonchev–Trinajstić information content (AvgIpc) is 3.50. The van der Waals surface area contributed by atoms with Gasteiger partial charge in [-0.05, 0) is 148 Å². The van der Waals surface area contributed by atoms with Crippen molar-refractivity contribution in [1.29, 1.82) is 0 Å². The smallest absolute Gasteiger partial charge is 0.339 e. The van der Waals surface area contributed by atoms with Gasteiger partial charge in [0.15, 0.2) is 0 Å². The van der Waals surface area contributed by atoms with Crippen molar-refractivity contribution in [3.63, 3.8) is 0 Å². The zero-order valence-corrected chi connectivity index (χ0v) is 37.0. The molecule has 0 unspecified atom stereocenters. The molecular weight excluding hydrogens is 755 g/mol. The summed E-state index contributed by atoms with van der Waals surface area (Å²) in [5.74, 6) is -1.37. The molecule has 9 nitrogen and oxygen atoms in total. The van der Waals surface area contributed by atoms with Crippen molar-refractivity contribution in [2.75, 3.05) is 13.1 Å². The molecular formula is C51H67NO8. The van der Waals surface area contributed by atoms with Crippen LogP contribution in [0.2, 0.25) is 0 Å². The van der Waals surface area contributed by atoms with E-state index in [0.717, 1.165) is 55.2 Å². The molecule has 60 heavy (non-hydrogen) atoms. The minimum atomic E-state index is -0.662. The number of allylic oxidation sites excluding steroid dienone is 2. The summed E-state index contributed by atoms with van der Waals surface area (Å²) < 4.78 is 18.6. The summed E-state index contributed by atoms with van der Waals surface area (Å²) in [6.07, 6.45) is 8.88. The van der Waals surface area contributed by atoms with E-state index >= 15 is 0 Å². The lowest BCUT2D eigenvalue weighted by molar-refractivity contribution is -0.234. The van der Waals surface area contributed by atoms with Gasteiger partial charge in [0.2, 0.25) is 0 Å². The SMILES string of the molecule is CC(=O)O[C@H]1C[C@@]2(C)[C@@H](C[C@@H](O)[C@H]3[C@@]4(C)CC[C@@H](OC(=O)c5ccccc5C(=O)N5CCCCC5)[C@@H](C)[C@@H]4CC[C@@]32C)/C1=C(\CCC=C(C)C)C(=O)OCc1ccccc1. The minimum Gasteiger partial charge on any atom is -0.458 e. The van der Waals surface area contributed by atoms with E-state index in [1.54, 1.807) is 18.2 Å². The largest absolute Gasteiger partial charge is 0.458 e. The molecule has 2 aromatic carbocycles. The number of hydrogen-bond donors (Lipinski definition) is 1. The molecule has 1 amide bonds. The molecule has 1 N–H and O–H groups in total. The summed E-state index contributed by atoms with van der Waals surface area (Å²) in [6.45, 7) is 16.2. The fourth-order valence-electron chi connectivity index (χ4n) is 13.1. The maximum absolute atomic E-state index is 14.3. The van der Waals surface area contributed by atoms with Crippen LogP contribution in [0.5, 0.6) is 0 Å². The number of piperidine rings is 1. The molecule has 4 aliphatic carbocycles. The van der Waals surface area contributed by atoms with Crippen LogP contribution in [0, 0.1) is 39.9 Å². The Morgan fingerprint density at radius 2 is 1.53 bits per heavy atom. The second-order valence-corrected chi connectivity index (χ2v) is 19.7. The van der Waals surface area contributed by atoms with Crippen LogP contribution < -0.4 is 0 Å². The van der Waals surface area contributed by atoms with E-state index in [1.165, 1.54) is 6.92 Å². The topological polar surface area (TPSA) is 119 Å². The van der Waals surface area contributed by atoms with Crippen LogP contribution in [-0.4, -0.2) is 65.2 Å². The summed E-state index contributed by atoms with van der Waals surface area (Å²) >= 11 is 0. The number of ether oxygens (including phenoxy) is 3. The molecule has 1 aliphatic heterocycles. The first kappa shape index (κ1) is 43.8. The Labute approximate surface area is 357 Å². The highest BCUT2D eigenvalue weighted by atomic mass is 16.6. The van der Waals surface area contributed by atoms with E-state index < -0.39 is 24.1 Å². The maximum Gasteiger partial charge on any atom is 0.339 e. The van der Waals surface area contributed by atoms with Gasteiger partial charge in [-0.15, -0.1) is 0 Å². The number of aliphatic hydroxyl groups is 1. The summed E-state index contributed by atoms with van der Waals surface area (Å²) in [6, 6.07) is 16.7. The molecule has 0 radical (unpaired) electrons. The number of carbonyl (C=O) groups is 4. The molecule has 10 atom stereocenters. The number of esters is 3. The predicted molar refractivity (Wildman–Crippen MR) is 231 cm³/mol. The molecule has 9 heteroatoms. The van der Waals surface area contributed by atoms with Gasteiger partial charge in [0.05, 0.1) is 17.2 Å². The zero-order chi connectivity index (χ0) is 43.0. The lowest BCUT2D eigenvalue weighted by Gasteiger charge is -2.69. The lowest BCUT2D eigenvalue weighted by atomic mass is 9.36. The maximum atomic E-state index is 14.3. The van der Waals surface area contributed by atoms with Crippen molar-refractivity contribution < 1.29 is 38.5 Å². The first-order valence-corrected chi connectivity index (χ1v) is 22.6. The molecule has 1 saturated heterocycles. The van der Waals surface area contributed by atoms with E-state index in [0.29, 0.717) is 61.9 Å². The fourth-order valence-corrected chi connectivity index (χ4v) is 13.1. The van der Waals surface area contributed by atoms with Crippen molar-refractivity contribution >= 4 is 23.8 Å². The van der Waals surface area contributed by atoms with Crippen LogP contribution in [-0.2, 0) is 30.4 Å². The summed E-state index contributed by atoms with van der Waals surface area (Å²) in [5, 5.41) is 12.6. The highest BCUT2D eigenvalue weighted by Gasteiger charge is 2.71. The molecule has 1 heterocycles. The highest BCUT2D eigenvalue weighted by Crippen LogP contribution is 2.74. The van der Waals surface area contributed by atoms with E-state index in [1.807, 2.05) is 55.1 Å². The Hall–Kier alpha value is -4.24. The minimum absolute atomic E-state index is 0.0360. The van der Waals surface area contributed by atoms with Crippen LogP contribution in [0.1, 0.15) is 145 Å². The number of benzene rings is 2. The molecule has 5 aliphatic rings. The van der Waals surface area contributed by atoms with Crippen LogP contribution in [0.4, 0.5) is 0 Å². The number of rotatable bonds is 10. The number of carbonyl (C=O) groups excluding carboxylic acids is 4. The average molecular weight is 822 g/mol. The number of amides is 1. The molecule has 0 aromatic heterocycles. The Balaban J connectivity index is 1.16. The summed E-state index contributed by atoms with van der Waals surface area (Å²) in [5.41, 5.74) is 3.17. The van der Waals surface area contributed by atoms with Crippen LogP contribution in [0.25, 0.3) is 0 Å². The van der Waals surface area contributed by atoms with Crippen LogP contribution in [0.3, 0.4) is 0 Å². The van der Waals surface area contributed by atoms with Crippen molar-refractivity contribution in [2.45, 2.75) is 144 Å². The highest BCUT2D eigenvalue weighted by molar-refractivity contribution is 6.05. The third-order valence-electron chi connectivity index (χ3n) is 16.0. The van der Waals surface area contributed by atoms with Gasteiger partial charge in [0.25, 0.3) is 5.91 Å². The van der Waals surface area contributed by atoms with Gasteiger partial charge in [0, 0.05) is 25.6 Å². The van der Waals surface area contributed by atoms with Crippen molar-refractivity contribution in [1.82, 2.24) is 4.90 Å². The number of nitrogens with zero attached hydrogens (tertiary/aromatic N) is 1. The molecule has 7 rings (SSSR count). The number of aliphatic hydroxyl groups excluding tert-OH is 1. The number of fused-ring (bicyclic) bond motifs is 5. The van der Waals surface area contributed by atoms with Gasteiger partial charge in [-0.1, -0.05) is 81.8 Å². The fraction of sp³-hybridized carbons (Fsp3) is 0.608. The number of hydrogen-bond acceptors (Lipinski definition) is 8. The van der Waals surface area contributed by atoms with E-state index in [-0.39, 0.29) is 64.5 Å². The van der Waals surface area contributed by atoms with Crippen molar-refractivity contribution in [3.05, 3.63) is 94.1 Å². The van der Waals surface area contributed by atoms with Crippen molar-refractivity contribution in [3.8, 4) is 0 Å². The van der Waals surface area contributed by atoms with Gasteiger partial charge in [-0.25, -0.2) is 9.59 Å². The lowest BCUT2D eigenvalue weighted by Crippen LogP contribution is -2.65. The summed E-state index contributed by atoms with van der Waals surface area (Å²) in [7, 11) is 0. The predicted octanol–water partition coefficient (Wildman–Crippen LogP) is 9.82. The molecule has 2 aromatic rings. The monoisotopic (exact) mass is 821 g/mol. The molecule has 0 bridgehead atoms. The standard InChI is InChI=1S/C51H67NO8/c1-32(2)17-16-22-38(47(56)58-31-35-18-10-8-11-19-35)44-40-29-41(54)45-49(5)25-24-42(33(3)39(49)23-26-50(45,6)51(40,7)30-43(44)59-34(4)53)60-48(57)37-21-13-12-20-36(37)46(55)52-27-14-9-15-28-52/h8,10-13,17-21,33,39-43,45,54H,9,14-16,22-31H2,1-7H3/b44-38-/t33-,39-,40-,41+,42+,43-,45-,49-,50-,51-/m0/s1. The Kier molecular flexibility index (Phi) is 12.9. The normalized spacial score (nSPS) is 34.3. The second kappa shape index (κ2) is 17.6. The molecule has 0 spiro atoms. The third-order valence-corrected chi connectivity index (χ3v) is 16.0. The van der Waals surface area contributed by atoms with Gasteiger partial charge < -0.3 is 24.2 Å². The molecule has 4 saturated carbocycles. The quantitative estimate of drug-likeness (QED) is 0.109. The van der Waals surface area contributed by atoms with E-state index in [4.69, 9.17) is 14.2 Å². The third kappa shape index (κ3) is 8.12. The Bertz CT molecular complexity index is 2000. The first-order valence-electron chi connectivity index (χ1n) is 22.6. The Morgan fingerprint density at radius 3 is 2.22 bits per heavy atom.